The average molecular weight is 243 g/mol. The van der Waals surface area contributed by atoms with Crippen molar-refractivity contribution in [1.82, 2.24) is 5.32 Å². The Morgan fingerprint density at radius 1 is 1.44 bits per heavy atom. The summed E-state index contributed by atoms with van der Waals surface area (Å²) < 4.78 is 0. The number of carboxylic acid groups (broad SMARTS) is 1. The molecule has 90 valence electrons. The van der Waals surface area contributed by atoms with Crippen molar-refractivity contribution in [2.24, 2.45) is 11.3 Å². The number of amides is 1. The molecule has 0 radical (unpaired) electrons. The van der Waals surface area contributed by atoms with Gasteiger partial charge in [-0.1, -0.05) is 13.8 Å². The van der Waals surface area contributed by atoms with Crippen LogP contribution in [0.25, 0.3) is 0 Å². The first kappa shape index (κ1) is 11.8. The Balaban J connectivity index is 2.02. The van der Waals surface area contributed by atoms with Gasteiger partial charge in [0.05, 0.1) is 0 Å². The molecule has 1 saturated carbocycles. The van der Waals surface area contributed by atoms with Crippen LogP contribution in [0.5, 0.6) is 0 Å². The summed E-state index contributed by atoms with van der Waals surface area (Å²) in [6.07, 6.45) is 1.40. The number of carbonyl (C=O) groups is 2. The van der Waals surface area contributed by atoms with Crippen LogP contribution in [0.4, 0.5) is 0 Å². The van der Waals surface area contributed by atoms with Gasteiger partial charge in [-0.2, -0.15) is 11.8 Å². The van der Waals surface area contributed by atoms with Gasteiger partial charge in [-0.3, -0.25) is 4.79 Å². The predicted octanol–water partition coefficient (Wildman–Crippen LogP) is 1.11. The summed E-state index contributed by atoms with van der Waals surface area (Å²) in [7, 11) is 0. The van der Waals surface area contributed by atoms with Crippen molar-refractivity contribution in [3.63, 3.8) is 0 Å². The summed E-state index contributed by atoms with van der Waals surface area (Å²) in [5.41, 5.74) is -0.962. The van der Waals surface area contributed by atoms with Gasteiger partial charge >= 0.3 is 5.97 Å². The van der Waals surface area contributed by atoms with Crippen LogP contribution < -0.4 is 5.32 Å². The number of carboxylic acids is 1. The van der Waals surface area contributed by atoms with E-state index in [1.807, 2.05) is 13.8 Å². The first-order valence-electron chi connectivity index (χ1n) is 5.51. The summed E-state index contributed by atoms with van der Waals surface area (Å²) in [4.78, 5) is 23.1. The Bertz CT molecular complexity index is 334. The maximum atomic E-state index is 11.9. The third-order valence-corrected chi connectivity index (χ3v) is 4.81. The molecule has 1 amide bonds. The molecule has 0 spiro atoms. The van der Waals surface area contributed by atoms with E-state index in [0.717, 1.165) is 12.2 Å². The zero-order valence-corrected chi connectivity index (χ0v) is 10.4. The van der Waals surface area contributed by atoms with Crippen molar-refractivity contribution in [2.45, 2.75) is 32.2 Å². The Morgan fingerprint density at radius 2 is 2.06 bits per heavy atom. The van der Waals surface area contributed by atoms with Crippen LogP contribution in [0.3, 0.4) is 0 Å². The summed E-state index contributed by atoms with van der Waals surface area (Å²) in [6.45, 7) is 4.07. The summed E-state index contributed by atoms with van der Waals surface area (Å²) in [6, 6.07) is 0. The number of hydrogen-bond donors (Lipinski definition) is 2. The van der Waals surface area contributed by atoms with Gasteiger partial charge in [-0.05, 0) is 24.0 Å². The van der Waals surface area contributed by atoms with E-state index < -0.39 is 11.5 Å². The Morgan fingerprint density at radius 3 is 2.44 bits per heavy atom. The largest absolute Gasteiger partial charge is 0.479 e. The van der Waals surface area contributed by atoms with E-state index in [-0.39, 0.29) is 17.2 Å². The quantitative estimate of drug-likeness (QED) is 0.779. The molecule has 1 aliphatic carbocycles. The molecule has 2 atom stereocenters. The van der Waals surface area contributed by atoms with Gasteiger partial charge < -0.3 is 10.4 Å². The van der Waals surface area contributed by atoms with Gasteiger partial charge in [0.15, 0.2) is 0 Å². The minimum atomic E-state index is -1.01. The van der Waals surface area contributed by atoms with Crippen LogP contribution >= 0.6 is 11.8 Å². The number of nitrogens with one attached hydrogen (secondary N) is 1. The van der Waals surface area contributed by atoms with Gasteiger partial charge in [0.25, 0.3) is 0 Å². The Labute approximate surface area is 99.2 Å². The number of carbonyl (C=O) groups excluding carboxylic acids is 1. The van der Waals surface area contributed by atoms with Gasteiger partial charge in [0.1, 0.15) is 5.54 Å². The highest BCUT2D eigenvalue weighted by Gasteiger charge is 2.53. The molecule has 1 heterocycles. The molecule has 1 saturated heterocycles. The molecular weight excluding hydrogens is 226 g/mol. The van der Waals surface area contributed by atoms with E-state index in [4.69, 9.17) is 0 Å². The summed E-state index contributed by atoms with van der Waals surface area (Å²) >= 11 is 1.59. The standard InChI is InChI=1S/C11H17NO3S/c1-10(2)5-7(10)8(13)12-11(9(14)15)3-4-16-6-11/h7H,3-6H2,1-2H3,(H,12,13)(H,14,15). The molecule has 2 fully saturated rings. The first-order valence-corrected chi connectivity index (χ1v) is 6.66. The van der Waals surface area contributed by atoms with E-state index in [1.165, 1.54) is 0 Å². The number of hydrogen-bond acceptors (Lipinski definition) is 3. The zero-order chi connectivity index (χ0) is 12.0. The van der Waals surface area contributed by atoms with Crippen LogP contribution in [0, 0.1) is 11.3 Å². The highest BCUT2D eigenvalue weighted by Crippen LogP contribution is 2.52. The second-order valence-electron chi connectivity index (χ2n) is 5.42. The number of rotatable bonds is 3. The molecule has 0 aromatic carbocycles. The van der Waals surface area contributed by atoms with Crippen molar-refractivity contribution in [3.8, 4) is 0 Å². The molecule has 0 aromatic heterocycles. The SMILES string of the molecule is CC1(C)CC1C(=O)NC1(C(=O)O)CCSC1. The summed E-state index contributed by atoms with van der Waals surface area (Å²) in [5, 5.41) is 12.0. The predicted molar refractivity (Wildman–Crippen MR) is 62.3 cm³/mol. The molecule has 1 aliphatic heterocycles. The maximum Gasteiger partial charge on any atom is 0.330 e. The normalized spacial score (nSPS) is 35.8. The van der Waals surface area contributed by atoms with Crippen LogP contribution in [0.15, 0.2) is 0 Å². The highest BCUT2D eigenvalue weighted by atomic mass is 32.2. The maximum absolute atomic E-state index is 11.9. The second kappa shape index (κ2) is 3.65. The smallest absolute Gasteiger partial charge is 0.330 e. The fraction of sp³-hybridized carbons (Fsp3) is 0.818. The number of aliphatic carboxylic acids is 1. The van der Waals surface area contributed by atoms with E-state index in [2.05, 4.69) is 5.32 Å². The molecule has 0 aromatic rings. The van der Waals surface area contributed by atoms with E-state index >= 15 is 0 Å². The third-order valence-electron chi connectivity index (χ3n) is 3.62. The molecule has 2 rings (SSSR count). The van der Waals surface area contributed by atoms with Crippen LogP contribution in [-0.4, -0.2) is 34.0 Å². The lowest BCUT2D eigenvalue weighted by molar-refractivity contribution is -0.146. The van der Waals surface area contributed by atoms with Crippen LogP contribution in [-0.2, 0) is 9.59 Å². The molecule has 2 aliphatic rings. The van der Waals surface area contributed by atoms with Gasteiger partial charge in [0, 0.05) is 11.7 Å². The van der Waals surface area contributed by atoms with E-state index in [0.29, 0.717) is 12.2 Å². The highest BCUT2D eigenvalue weighted by molar-refractivity contribution is 7.99. The third kappa shape index (κ3) is 1.93. The van der Waals surface area contributed by atoms with Gasteiger partial charge in [-0.25, -0.2) is 4.79 Å². The average Bonchev–Trinajstić information content (AvgIpc) is 2.63. The minimum absolute atomic E-state index is 0.00525. The van der Waals surface area contributed by atoms with Crippen LogP contribution in [0.1, 0.15) is 26.7 Å². The molecule has 4 nitrogen and oxygen atoms in total. The number of thioether (sulfide) groups is 1. The molecule has 2 unspecified atom stereocenters. The molecule has 5 heteroatoms. The lowest BCUT2D eigenvalue weighted by Crippen LogP contribution is -2.55. The van der Waals surface area contributed by atoms with Crippen molar-refractivity contribution >= 4 is 23.6 Å². The first-order chi connectivity index (χ1) is 7.37. The lowest BCUT2D eigenvalue weighted by atomic mass is 9.98. The van der Waals surface area contributed by atoms with Gasteiger partial charge in [0.2, 0.25) is 5.91 Å². The van der Waals surface area contributed by atoms with E-state index in [1.54, 1.807) is 11.8 Å². The van der Waals surface area contributed by atoms with Crippen LogP contribution in [0.2, 0.25) is 0 Å². The van der Waals surface area contributed by atoms with Crippen molar-refractivity contribution in [2.75, 3.05) is 11.5 Å². The zero-order valence-electron chi connectivity index (χ0n) is 9.58. The second-order valence-corrected chi connectivity index (χ2v) is 6.53. The van der Waals surface area contributed by atoms with Crippen molar-refractivity contribution in [3.05, 3.63) is 0 Å². The molecular formula is C11H17NO3S. The van der Waals surface area contributed by atoms with Crippen molar-refractivity contribution in [1.29, 1.82) is 0 Å². The molecule has 0 bridgehead atoms. The van der Waals surface area contributed by atoms with Crippen molar-refractivity contribution < 1.29 is 14.7 Å². The Hall–Kier alpha value is -0.710. The molecule has 16 heavy (non-hydrogen) atoms. The minimum Gasteiger partial charge on any atom is -0.479 e. The fourth-order valence-electron chi connectivity index (χ4n) is 2.12. The lowest BCUT2D eigenvalue weighted by Gasteiger charge is -2.24. The summed E-state index contributed by atoms with van der Waals surface area (Å²) in [5.74, 6) is 0.301. The molecule has 2 N–H and O–H groups in total. The monoisotopic (exact) mass is 243 g/mol. The fourth-order valence-corrected chi connectivity index (χ4v) is 3.45. The Kier molecular flexibility index (Phi) is 2.69. The van der Waals surface area contributed by atoms with E-state index in [9.17, 15) is 14.7 Å². The van der Waals surface area contributed by atoms with Gasteiger partial charge in [-0.15, -0.1) is 0 Å². The topological polar surface area (TPSA) is 66.4 Å².